The van der Waals surface area contributed by atoms with Crippen molar-refractivity contribution in [1.82, 2.24) is 0 Å². The molecule has 2 unspecified atom stereocenters. The van der Waals surface area contributed by atoms with Crippen LogP contribution in [0.5, 0.6) is 5.75 Å². The highest BCUT2D eigenvalue weighted by Crippen LogP contribution is 2.37. The molecule has 0 aliphatic carbocycles. The van der Waals surface area contributed by atoms with Crippen LogP contribution in [0.25, 0.3) is 0 Å². The molecule has 1 aromatic rings. The van der Waals surface area contributed by atoms with Crippen molar-refractivity contribution in [3.63, 3.8) is 0 Å². The van der Waals surface area contributed by atoms with Crippen molar-refractivity contribution < 1.29 is 36.9 Å². The maximum Gasteiger partial charge on any atom is 0.499 e. The molecule has 0 bridgehead atoms. The van der Waals surface area contributed by atoms with Crippen LogP contribution in [0.1, 0.15) is 11.7 Å². The molecule has 4 nitrogen and oxygen atoms in total. The first-order valence-corrected chi connectivity index (χ1v) is 5.38. The molecule has 0 saturated carbocycles. The van der Waals surface area contributed by atoms with Crippen LogP contribution in [0.15, 0.2) is 24.3 Å². The van der Waals surface area contributed by atoms with Crippen LogP contribution >= 0.6 is 0 Å². The van der Waals surface area contributed by atoms with Gasteiger partial charge in [-0.05, 0) is 17.7 Å². The lowest BCUT2D eigenvalue weighted by Gasteiger charge is -2.21. The number of benzene rings is 1. The normalized spacial score (nSPS) is 15.8. The van der Waals surface area contributed by atoms with E-state index < -0.39 is 30.2 Å². The van der Waals surface area contributed by atoms with Crippen molar-refractivity contribution in [1.29, 1.82) is 0 Å². The second-order valence-corrected chi connectivity index (χ2v) is 3.93. The van der Waals surface area contributed by atoms with Crippen molar-refractivity contribution in [2.75, 3.05) is 6.54 Å². The van der Waals surface area contributed by atoms with Gasteiger partial charge in [-0.2, -0.15) is 22.0 Å². The van der Waals surface area contributed by atoms with Crippen molar-refractivity contribution in [2.24, 2.45) is 5.73 Å². The lowest BCUT2D eigenvalue weighted by atomic mass is 10.0. The van der Waals surface area contributed by atoms with E-state index in [4.69, 9.17) is 5.73 Å². The average molecular weight is 301 g/mol. The highest BCUT2D eigenvalue weighted by molar-refractivity contribution is 5.29. The molecule has 9 heteroatoms. The molecule has 2 atom stereocenters. The van der Waals surface area contributed by atoms with E-state index in [1.807, 2.05) is 0 Å². The van der Waals surface area contributed by atoms with Gasteiger partial charge >= 0.3 is 12.3 Å². The van der Waals surface area contributed by atoms with Crippen LogP contribution in [0.3, 0.4) is 0 Å². The maximum atomic E-state index is 12.6. The maximum absolute atomic E-state index is 12.6. The van der Waals surface area contributed by atoms with E-state index in [0.717, 1.165) is 24.3 Å². The Balaban J connectivity index is 2.82. The number of aliphatic hydroxyl groups excluding tert-OH is 2. The Hall–Kier alpha value is -1.45. The van der Waals surface area contributed by atoms with Gasteiger partial charge in [0, 0.05) is 6.54 Å². The van der Waals surface area contributed by atoms with Crippen molar-refractivity contribution in [3.8, 4) is 5.75 Å². The van der Waals surface area contributed by atoms with Gasteiger partial charge in [-0.3, -0.25) is 0 Å². The molecule has 0 aliphatic rings. The zero-order valence-corrected chi connectivity index (χ0v) is 9.94. The second kappa shape index (κ2) is 5.90. The standard InChI is InChI=1S/C11H12F5NO3/c12-10(13,14)11(15,16)20-7-3-1-6(2-4-7)9(19)8(18)5-17/h1-4,8-9,18-19H,5,17H2. The Bertz CT molecular complexity index is 435. The van der Waals surface area contributed by atoms with E-state index in [1.165, 1.54) is 0 Å². The van der Waals surface area contributed by atoms with Crippen LogP contribution in [0, 0.1) is 0 Å². The lowest BCUT2D eigenvalue weighted by Crippen LogP contribution is -2.41. The highest BCUT2D eigenvalue weighted by atomic mass is 19.4. The fraction of sp³-hybridized carbons (Fsp3) is 0.455. The lowest BCUT2D eigenvalue weighted by molar-refractivity contribution is -0.360. The average Bonchev–Trinajstić information content (AvgIpc) is 2.36. The Morgan fingerprint density at radius 1 is 1.05 bits per heavy atom. The van der Waals surface area contributed by atoms with Crippen molar-refractivity contribution >= 4 is 0 Å². The predicted octanol–water partition coefficient (Wildman–Crippen LogP) is 1.57. The number of ether oxygens (including phenoxy) is 1. The number of hydrogen-bond donors (Lipinski definition) is 3. The van der Waals surface area contributed by atoms with E-state index in [1.54, 1.807) is 0 Å². The number of rotatable bonds is 5. The zero-order chi connectivity index (χ0) is 15.6. The van der Waals surface area contributed by atoms with Gasteiger partial charge in [-0.15, -0.1) is 0 Å². The van der Waals surface area contributed by atoms with E-state index in [-0.39, 0.29) is 12.1 Å². The SMILES string of the molecule is NCC(O)C(O)c1ccc(OC(F)(F)C(F)(F)F)cc1. The molecule has 114 valence electrons. The number of hydrogen-bond acceptors (Lipinski definition) is 4. The van der Waals surface area contributed by atoms with Gasteiger partial charge in [-0.25, -0.2) is 0 Å². The molecular weight excluding hydrogens is 289 g/mol. The van der Waals surface area contributed by atoms with E-state index >= 15 is 0 Å². The van der Waals surface area contributed by atoms with Gasteiger partial charge in [0.2, 0.25) is 0 Å². The van der Waals surface area contributed by atoms with Gasteiger partial charge in [0.15, 0.2) is 0 Å². The minimum absolute atomic E-state index is 0.102. The van der Waals surface area contributed by atoms with Gasteiger partial charge in [0.05, 0.1) is 6.10 Å². The quantitative estimate of drug-likeness (QED) is 0.722. The first kappa shape index (κ1) is 16.6. The molecule has 0 radical (unpaired) electrons. The molecule has 1 rings (SSSR count). The summed E-state index contributed by atoms with van der Waals surface area (Å²) in [6.45, 7) is -0.244. The topological polar surface area (TPSA) is 75.7 Å². The highest BCUT2D eigenvalue weighted by Gasteiger charge is 2.61. The predicted molar refractivity (Wildman–Crippen MR) is 58.1 cm³/mol. The van der Waals surface area contributed by atoms with Gasteiger partial charge in [0.25, 0.3) is 0 Å². The Morgan fingerprint density at radius 2 is 1.55 bits per heavy atom. The summed E-state index contributed by atoms with van der Waals surface area (Å²) < 4.78 is 64.5. The number of aliphatic hydroxyl groups is 2. The number of nitrogens with two attached hydrogens (primary N) is 1. The van der Waals surface area contributed by atoms with Gasteiger partial charge in [0.1, 0.15) is 11.9 Å². The van der Waals surface area contributed by atoms with E-state index in [9.17, 15) is 32.2 Å². The first-order valence-electron chi connectivity index (χ1n) is 5.38. The summed E-state index contributed by atoms with van der Waals surface area (Å²) >= 11 is 0. The third-order valence-electron chi connectivity index (χ3n) is 2.40. The molecular formula is C11H12F5NO3. The largest absolute Gasteiger partial charge is 0.499 e. The molecule has 4 N–H and O–H groups in total. The smallest absolute Gasteiger partial charge is 0.426 e. The van der Waals surface area contributed by atoms with Gasteiger partial charge in [-0.1, -0.05) is 12.1 Å². The summed E-state index contributed by atoms with van der Waals surface area (Å²) in [6.07, 6.45) is -13.8. The summed E-state index contributed by atoms with van der Waals surface area (Å²) in [6, 6.07) is 3.74. The van der Waals surface area contributed by atoms with Crippen LogP contribution in [0.2, 0.25) is 0 Å². The fourth-order valence-electron chi connectivity index (χ4n) is 1.29. The second-order valence-electron chi connectivity index (χ2n) is 3.93. The van der Waals surface area contributed by atoms with Crippen LogP contribution in [-0.2, 0) is 0 Å². The molecule has 20 heavy (non-hydrogen) atoms. The first-order chi connectivity index (χ1) is 9.08. The van der Waals surface area contributed by atoms with Crippen molar-refractivity contribution in [3.05, 3.63) is 29.8 Å². The molecule has 0 aromatic heterocycles. The minimum Gasteiger partial charge on any atom is -0.426 e. The van der Waals surface area contributed by atoms with E-state index in [2.05, 4.69) is 4.74 Å². The van der Waals surface area contributed by atoms with Crippen LogP contribution in [0.4, 0.5) is 22.0 Å². The Labute approximate surface area is 110 Å². The zero-order valence-electron chi connectivity index (χ0n) is 9.94. The monoisotopic (exact) mass is 301 g/mol. The summed E-state index contributed by atoms with van der Waals surface area (Å²) in [7, 11) is 0. The summed E-state index contributed by atoms with van der Waals surface area (Å²) in [5, 5.41) is 18.8. The van der Waals surface area contributed by atoms with Crippen molar-refractivity contribution in [2.45, 2.75) is 24.5 Å². The Morgan fingerprint density at radius 3 is 1.95 bits per heavy atom. The van der Waals surface area contributed by atoms with Crippen LogP contribution in [-0.4, -0.2) is 35.1 Å². The third kappa shape index (κ3) is 3.78. The molecule has 1 aromatic carbocycles. The molecule has 0 aliphatic heterocycles. The molecule has 0 fully saturated rings. The number of alkyl halides is 5. The van der Waals surface area contributed by atoms with E-state index in [0.29, 0.717) is 0 Å². The summed E-state index contributed by atoms with van der Waals surface area (Å²) in [5.41, 5.74) is 5.21. The Kier molecular flexibility index (Phi) is 4.90. The molecule has 0 spiro atoms. The summed E-state index contributed by atoms with van der Waals surface area (Å²) in [4.78, 5) is 0. The van der Waals surface area contributed by atoms with Crippen LogP contribution < -0.4 is 10.5 Å². The fourth-order valence-corrected chi connectivity index (χ4v) is 1.29. The van der Waals surface area contributed by atoms with Gasteiger partial charge < -0.3 is 20.7 Å². The molecule has 0 heterocycles. The summed E-state index contributed by atoms with van der Waals surface area (Å²) in [5.74, 6) is -0.731. The minimum atomic E-state index is -5.83. The molecule has 0 amide bonds. The number of halogens is 5. The molecule has 0 saturated heterocycles. The third-order valence-corrected chi connectivity index (χ3v) is 2.40.